The summed E-state index contributed by atoms with van der Waals surface area (Å²) in [6.07, 6.45) is 2.61. The normalized spacial score (nSPS) is 16.3. The van der Waals surface area contributed by atoms with Crippen LogP contribution < -0.4 is 4.80 Å². The van der Waals surface area contributed by atoms with E-state index in [0.717, 1.165) is 10.5 Å². The smallest absolute Gasteiger partial charge is 0.190 e. The first-order valence-corrected chi connectivity index (χ1v) is 7.32. The van der Waals surface area contributed by atoms with Gasteiger partial charge in [-0.05, 0) is 45.2 Å². The van der Waals surface area contributed by atoms with E-state index < -0.39 is 0 Å². The molecule has 2 nitrogen and oxygen atoms in total. The van der Waals surface area contributed by atoms with Gasteiger partial charge in [0.25, 0.3) is 0 Å². The van der Waals surface area contributed by atoms with Crippen molar-refractivity contribution >= 4 is 17.0 Å². The first-order valence-electron chi connectivity index (χ1n) is 6.44. The Bertz CT molecular complexity index is 645. The quantitative estimate of drug-likeness (QED) is 0.773. The van der Waals surface area contributed by atoms with E-state index in [4.69, 9.17) is 4.99 Å². The van der Waals surface area contributed by atoms with Gasteiger partial charge in [0.1, 0.15) is 0 Å². The van der Waals surface area contributed by atoms with Crippen molar-refractivity contribution in [1.29, 1.82) is 0 Å². The lowest BCUT2D eigenvalue weighted by Gasteiger charge is -2.04. The zero-order valence-corrected chi connectivity index (χ0v) is 11.9. The molecule has 1 aromatic heterocycles. The first kappa shape index (κ1) is 11.7. The molecule has 0 atom stereocenters. The van der Waals surface area contributed by atoms with Gasteiger partial charge in [-0.1, -0.05) is 17.7 Å². The van der Waals surface area contributed by atoms with Crippen molar-refractivity contribution in [3.63, 3.8) is 0 Å². The van der Waals surface area contributed by atoms with Gasteiger partial charge >= 0.3 is 0 Å². The first-order chi connectivity index (χ1) is 8.65. The molecule has 0 bridgehead atoms. The predicted octanol–water partition coefficient (Wildman–Crippen LogP) is 4.04. The third-order valence-electron chi connectivity index (χ3n) is 3.40. The van der Waals surface area contributed by atoms with Crippen LogP contribution in [0.25, 0.3) is 0 Å². The largest absolute Gasteiger partial charge is 0.318 e. The maximum atomic E-state index is 4.85. The number of hydrogen-bond acceptors (Lipinski definition) is 2. The second-order valence-corrected chi connectivity index (χ2v) is 6.00. The summed E-state index contributed by atoms with van der Waals surface area (Å²) < 4.78 is 2.39. The topological polar surface area (TPSA) is 17.3 Å². The van der Waals surface area contributed by atoms with Crippen molar-refractivity contribution in [2.45, 2.75) is 39.7 Å². The molecule has 0 amide bonds. The molecule has 0 spiro atoms. The van der Waals surface area contributed by atoms with E-state index in [1.165, 1.54) is 29.7 Å². The maximum absolute atomic E-state index is 4.85. The fraction of sp³-hybridized carbons (Fsp3) is 0.400. The van der Waals surface area contributed by atoms with Gasteiger partial charge in [-0.15, -0.1) is 11.3 Å². The molecule has 0 saturated heterocycles. The Kier molecular flexibility index (Phi) is 2.86. The van der Waals surface area contributed by atoms with E-state index in [1.807, 2.05) is 0 Å². The highest BCUT2D eigenvalue weighted by molar-refractivity contribution is 7.07. The van der Waals surface area contributed by atoms with Crippen molar-refractivity contribution in [1.82, 2.24) is 4.57 Å². The number of rotatable bonds is 2. The predicted molar refractivity (Wildman–Crippen MR) is 76.5 cm³/mol. The Labute approximate surface area is 112 Å². The van der Waals surface area contributed by atoms with Crippen LogP contribution in [0, 0.1) is 20.8 Å². The molecule has 1 aromatic carbocycles. The van der Waals surface area contributed by atoms with Crippen LogP contribution in [0.5, 0.6) is 0 Å². The van der Waals surface area contributed by atoms with Crippen molar-refractivity contribution < 1.29 is 0 Å². The molecule has 1 heterocycles. The molecular weight excluding hydrogens is 240 g/mol. The molecule has 0 aliphatic heterocycles. The average molecular weight is 258 g/mol. The lowest BCUT2D eigenvalue weighted by atomic mass is 10.1. The number of nitrogens with zero attached hydrogens (tertiary/aromatic N) is 2. The van der Waals surface area contributed by atoms with E-state index >= 15 is 0 Å². The van der Waals surface area contributed by atoms with Crippen LogP contribution in [0.2, 0.25) is 0 Å². The molecule has 94 valence electrons. The van der Waals surface area contributed by atoms with Gasteiger partial charge in [0.2, 0.25) is 0 Å². The zero-order chi connectivity index (χ0) is 12.7. The van der Waals surface area contributed by atoms with E-state index in [9.17, 15) is 0 Å². The minimum Gasteiger partial charge on any atom is -0.318 e. The molecule has 1 aliphatic carbocycles. The van der Waals surface area contributed by atoms with E-state index in [-0.39, 0.29) is 0 Å². The lowest BCUT2D eigenvalue weighted by Crippen LogP contribution is -2.14. The average Bonchev–Trinajstić information content (AvgIpc) is 3.08. The summed E-state index contributed by atoms with van der Waals surface area (Å²) >= 11 is 1.75. The van der Waals surface area contributed by atoms with Gasteiger partial charge in [-0.2, -0.15) is 0 Å². The SMILES string of the molecule is Cc1ccc(N=c2scc(C)n2C2CC2)c(C)c1. The number of benzene rings is 1. The highest BCUT2D eigenvalue weighted by Crippen LogP contribution is 2.35. The fourth-order valence-electron chi connectivity index (χ4n) is 2.29. The van der Waals surface area contributed by atoms with Crippen LogP contribution in [0.15, 0.2) is 28.6 Å². The van der Waals surface area contributed by atoms with Gasteiger partial charge in [0.15, 0.2) is 4.80 Å². The Morgan fingerprint density at radius 3 is 2.67 bits per heavy atom. The van der Waals surface area contributed by atoms with E-state index in [1.54, 1.807) is 11.3 Å². The molecule has 18 heavy (non-hydrogen) atoms. The summed E-state index contributed by atoms with van der Waals surface area (Å²) in [6.45, 7) is 6.43. The van der Waals surface area contributed by atoms with Gasteiger partial charge in [-0.25, -0.2) is 4.99 Å². The highest BCUT2D eigenvalue weighted by atomic mass is 32.1. The Hall–Kier alpha value is -1.35. The molecule has 3 heteroatoms. The monoisotopic (exact) mass is 258 g/mol. The molecular formula is C15H18N2S. The van der Waals surface area contributed by atoms with Crippen LogP contribution in [0.1, 0.15) is 35.7 Å². The summed E-state index contributed by atoms with van der Waals surface area (Å²) in [7, 11) is 0. The van der Waals surface area contributed by atoms with Gasteiger partial charge in [0.05, 0.1) is 5.69 Å². The molecule has 2 aromatic rings. The Morgan fingerprint density at radius 1 is 1.22 bits per heavy atom. The molecule has 0 N–H and O–H groups in total. The second kappa shape index (κ2) is 4.39. The lowest BCUT2D eigenvalue weighted by molar-refractivity contribution is 0.693. The number of hydrogen-bond donors (Lipinski definition) is 0. The second-order valence-electron chi connectivity index (χ2n) is 5.16. The highest BCUT2D eigenvalue weighted by Gasteiger charge is 2.25. The van der Waals surface area contributed by atoms with E-state index in [2.05, 4.69) is 48.9 Å². The maximum Gasteiger partial charge on any atom is 0.190 e. The zero-order valence-electron chi connectivity index (χ0n) is 11.1. The molecule has 1 fully saturated rings. The van der Waals surface area contributed by atoms with Gasteiger partial charge in [-0.3, -0.25) is 0 Å². The van der Waals surface area contributed by atoms with Crippen LogP contribution in [0.3, 0.4) is 0 Å². The molecule has 1 saturated carbocycles. The van der Waals surface area contributed by atoms with Gasteiger partial charge in [0, 0.05) is 17.1 Å². The summed E-state index contributed by atoms with van der Waals surface area (Å²) in [5, 5.41) is 2.21. The Balaban J connectivity index is 2.11. The molecule has 0 unspecified atom stereocenters. The third kappa shape index (κ3) is 2.15. The van der Waals surface area contributed by atoms with Gasteiger partial charge < -0.3 is 4.57 Å². The summed E-state index contributed by atoms with van der Waals surface area (Å²) in [5.74, 6) is 0. The number of aryl methyl sites for hydroxylation is 3. The fourth-order valence-corrected chi connectivity index (χ4v) is 3.24. The van der Waals surface area contributed by atoms with Crippen LogP contribution in [0.4, 0.5) is 5.69 Å². The van der Waals surface area contributed by atoms with Crippen molar-refractivity contribution in [3.8, 4) is 0 Å². The summed E-state index contributed by atoms with van der Waals surface area (Å²) in [4.78, 5) is 5.99. The van der Waals surface area contributed by atoms with Crippen molar-refractivity contribution in [2.75, 3.05) is 0 Å². The Morgan fingerprint density at radius 2 is 2.00 bits per heavy atom. The third-order valence-corrected chi connectivity index (χ3v) is 4.36. The molecule has 0 radical (unpaired) electrons. The number of thiazole rings is 1. The van der Waals surface area contributed by atoms with Crippen molar-refractivity contribution in [2.24, 2.45) is 4.99 Å². The summed E-state index contributed by atoms with van der Waals surface area (Å²) in [6, 6.07) is 7.15. The van der Waals surface area contributed by atoms with E-state index in [0.29, 0.717) is 6.04 Å². The van der Waals surface area contributed by atoms with Crippen LogP contribution in [-0.2, 0) is 0 Å². The molecule has 1 aliphatic rings. The minimum absolute atomic E-state index is 0.695. The van der Waals surface area contributed by atoms with Crippen LogP contribution in [-0.4, -0.2) is 4.57 Å². The number of aromatic nitrogens is 1. The van der Waals surface area contributed by atoms with Crippen molar-refractivity contribution in [3.05, 3.63) is 45.2 Å². The molecule has 3 rings (SSSR count). The standard InChI is InChI=1S/C15H18N2S/c1-10-4-7-14(11(2)8-10)16-15-17(13-5-6-13)12(3)9-18-15/h4,7-9,13H,5-6H2,1-3H3. The minimum atomic E-state index is 0.695. The van der Waals surface area contributed by atoms with Crippen LogP contribution >= 0.6 is 11.3 Å². The summed E-state index contributed by atoms with van der Waals surface area (Å²) in [5.41, 5.74) is 4.98.